The van der Waals surface area contributed by atoms with E-state index in [9.17, 15) is 14.4 Å². The number of ether oxygens (including phenoxy) is 2. The van der Waals surface area contributed by atoms with Crippen LogP contribution in [0.5, 0.6) is 0 Å². The highest BCUT2D eigenvalue weighted by molar-refractivity contribution is 7.17. The Morgan fingerprint density at radius 1 is 1.04 bits per heavy atom. The SMILES string of the molecule is C[C@@H]1CN([C@H]2C[C@@H](CO[C@H]3CC[C@H](C=O)CC3)N(C(=O)Cc3cc(Cl)c(NC(=O)c4csc5ccccc45)cc3Cl)C2)C[C@H](C)O1. The smallest absolute Gasteiger partial charge is 0.257 e. The quantitative estimate of drug-likeness (QED) is 0.248. The number of benzene rings is 2. The van der Waals surface area contributed by atoms with Crippen LogP contribution in [-0.4, -0.2) is 84.5 Å². The molecule has 1 aromatic heterocycles. The zero-order valence-electron chi connectivity index (χ0n) is 26.3. The highest BCUT2D eigenvalue weighted by Gasteiger charge is 2.40. The van der Waals surface area contributed by atoms with Crippen LogP contribution in [-0.2, 0) is 25.5 Å². The zero-order chi connectivity index (χ0) is 32.4. The Morgan fingerprint density at radius 3 is 2.52 bits per heavy atom. The number of likely N-dealkylation sites (tertiary alicyclic amines) is 1. The van der Waals surface area contributed by atoms with Gasteiger partial charge in [-0.25, -0.2) is 0 Å². The molecule has 1 N–H and O–H groups in total. The molecule has 1 aliphatic carbocycles. The van der Waals surface area contributed by atoms with Crippen LogP contribution in [0.2, 0.25) is 10.0 Å². The molecule has 1 saturated carbocycles. The van der Waals surface area contributed by atoms with Crippen molar-refractivity contribution < 1.29 is 23.9 Å². The third kappa shape index (κ3) is 7.61. The average molecular weight is 687 g/mol. The Labute approximate surface area is 284 Å². The minimum atomic E-state index is -0.267. The van der Waals surface area contributed by atoms with Gasteiger partial charge in [0.05, 0.1) is 53.7 Å². The van der Waals surface area contributed by atoms with E-state index >= 15 is 0 Å². The van der Waals surface area contributed by atoms with Gasteiger partial charge in [-0.3, -0.25) is 14.5 Å². The second kappa shape index (κ2) is 14.7. The molecule has 4 atom stereocenters. The molecule has 246 valence electrons. The molecule has 11 heteroatoms. The van der Waals surface area contributed by atoms with Gasteiger partial charge in [0.25, 0.3) is 5.91 Å². The number of halogens is 2. The fraction of sp³-hybridized carbons (Fsp3) is 0.514. The van der Waals surface area contributed by atoms with Crippen LogP contribution >= 0.6 is 34.5 Å². The first-order chi connectivity index (χ1) is 22.2. The number of carbonyl (C=O) groups is 3. The number of nitrogens with one attached hydrogen (secondary N) is 1. The van der Waals surface area contributed by atoms with Crippen molar-refractivity contribution >= 4 is 68.4 Å². The molecule has 8 nitrogen and oxygen atoms in total. The van der Waals surface area contributed by atoms with Crippen molar-refractivity contribution in [2.45, 2.75) is 82.8 Å². The van der Waals surface area contributed by atoms with E-state index in [2.05, 4.69) is 24.1 Å². The van der Waals surface area contributed by atoms with Crippen LogP contribution in [0.15, 0.2) is 41.8 Å². The Morgan fingerprint density at radius 2 is 1.78 bits per heavy atom. The third-order valence-corrected chi connectivity index (χ3v) is 11.2. The first kappa shape index (κ1) is 33.4. The average Bonchev–Trinajstić information content (AvgIpc) is 3.67. The number of rotatable bonds is 9. The lowest BCUT2D eigenvalue weighted by Crippen LogP contribution is -2.51. The van der Waals surface area contributed by atoms with Crippen molar-refractivity contribution in [2.75, 3.05) is 31.6 Å². The maximum Gasteiger partial charge on any atom is 0.257 e. The summed E-state index contributed by atoms with van der Waals surface area (Å²) in [5.41, 5.74) is 1.58. The van der Waals surface area contributed by atoms with E-state index in [4.69, 9.17) is 32.7 Å². The molecule has 2 amide bonds. The molecule has 3 fully saturated rings. The van der Waals surface area contributed by atoms with Crippen molar-refractivity contribution in [3.63, 3.8) is 0 Å². The summed E-state index contributed by atoms with van der Waals surface area (Å²) in [4.78, 5) is 42.7. The highest BCUT2D eigenvalue weighted by Crippen LogP contribution is 2.34. The van der Waals surface area contributed by atoms with Crippen molar-refractivity contribution in [1.29, 1.82) is 0 Å². The molecule has 0 radical (unpaired) electrons. The number of fused-ring (bicyclic) bond motifs is 1. The number of hydrogen-bond donors (Lipinski definition) is 1. The van der Waals surface area contributed by atoms with Crippen LogP contribution in [0.1, 0.15) is 61.9 Å². The molecule has 3 aromatic rings. The van der Waals surface area contributed by atoms with E-state index in [0.717, 1.165) is 61.6 Å². The number of anilines is 1. The minimum absolute atomic E-state index is 0.0328. The van der Waals surface area contributed by atoms with Crippen molar-refractivity contribution in [2.24, 2.45) is 5.92 Å². The minimum Gasteiger partial charge on any atom is -0.376 e. The molecule has 0 spiro atoms. The number of aldehydes is 1. The van der Waals surface area contributed by atoms with Gasteiger partial charge in [0.15, 0.2) is 0 Å². The number of morpholine rings is 1. The van der Waals surface area contributed by atoms with E-state index in [1.807, 2.05) is 34.5 Å². The van der Waals surface area contributed by atoms with Crippen LogP contribution < -0.4 is 5.32 Å². The lowest BCUT2D eigenvalue weighted by Gasteiger charge is -2.38. The number of carbonyl (C=O) groups excluding carboxylic acids is 3. The predicted octanol–water partition coefficient (Wildman–Crippen LogP) is 6.86. The van der Waals surface area contributed by atoms with Gasteiger partial charge in [-0.05, 0) is 69.7 Å². The van der Waals surface area contributed by atoms with E-state index < -0.39 is 0 Å². The molecule has 6 rings (SSSR count). The zero-order valence-corrected chi connectivity index (χ0v) is 28.6. The summed E-state index contributed by atoms with van der Waals surface area (Å²) in [6, 6.07) is 11.2. The number of thiophene rings is 1. The van der Waals surface area contributed by atoms with Gasteiger partial charge in [-0.2, -0.15) is 0 Å². The third-order valence-electron chi connectivity index (χ3n) is 9.56. The van der Waals surface area contributed by atoms with Crippen LogP contribution in [0.4, 0.5) is 5.69 Å². The summed E-state index contributed by atoms with van der Waals surface area (Å²) in [6.45, 7) is 6.92. The lowest BCUT2D eigenvalue weighted by molar-refractivity contribution is -0.133. The van der Waals surface area contributed by atoms with Gasteiger partial charge in [0, 0.05) is 52.1 Å². The normalized spacial score (nSPS) is 27.2. The van der Waals surface area contributed by atoms with Crippen molar-refractivity contribution in [3.05, 3.63) is 63.0 Å². The van der Waals surface area contributed by atoms with E-state index in [-0.39, 0.29) is 54.5 Å². The second-order valence-electron chi connectivity index (χ2n) is 13.0. The summed E-state index contributed by atoms with van der Waals surface area (Å²) in [7, 11) is 0. The Kier molecular flexibility index (Phi) is 10.7. The van der Waals surface area contributed by atoms with Crippen LogP contribution in [0.3, 0.4) is 0 Å². The maximum absolute atomic E-state index is 13.9. The summed E-state index contributed by atoms with van der Waals surface area (Å²) >= 11 is 14.9. The maximum atomic E-state index is 13.9. The molecular weight excluding hydrogens is 645 g/mol. The number of nitrogens with zero attached hydrogens (tertiary/aromatic N) is 2. The van der Waals surface area contributed by atoms with Gasteiger partial charge in [-0.1, -0.05) is 41.4 Å². The monoisotopic (exact) mass is 685 g/mol. The molecule has 0 bridgehead atoms. The van der Waals surface area contributed by atoms with Gasteiger partial charge < -0.3 is 24.5 Å². The summed E-state index contributed by atoms with van der Waals surface area (Å²) < 4.78 is 13.4. The van der Waals surface area contributed by atoms with Crippen LogP contribution in [0, 0.1) is 5.92 Å². The highest BCUT2D eigenvalue weighted by atomic mass is 35.5. The fourth-order valence-electron chi connectivity index (χ4n) is 7.20. The summed E-state index contributed by atoms with van der Waals surface area (Å²) in [6.07, 6.45) is 5.80. The summed E-state index contributed by atoms with van der Waals surface area (Å²) in [5.74, 6) is -0.169. The molecule has 3 heterocycles. The van der Waals surface area contributed by atoms with Crippen molar-refractivity contribution in [1.82, 2.24) is 9.80 Å². The Balaban J connectivity index is 1.14. The first-order valence-corrected chi connectivity index (χ1v) is 17.8. The van der Waals surface area contributed by atoms with E-state index in [0.29, 0.717) is 40.0 Å². The van der Waals surface area contributed by atoms with E-state index in [1.165, 1.54) is 11.3 Å². The van der Waals surface area contributed by atoms with E-state index in [1.54, 1.807) is 12.1 Å². The predicted molar refractivity (Wildman–Crippen MR) is 183 cm³/mol. The van der Waals surface area contributed by atoms with Gasteiger partial charge in [0.1, 0.15) is 6.29 Å². The first-order valence-electron chi connectivity index (χ1n) is 16.2. The lowest BCUT2D eigenvalue weighted by atomic mass is 9.88. The second-order valence-corrected chi connectivity index (χ2v) is 14.7. The number of hydrogen-bond acceptors (Lipinski definition) is 7. The standard InChI is InChI=1S/C35H41Cl2N3O5S/c1-21-15-39(16-22(2)45-21)25-13-26(19-44-27-9-7-23(18-41)8-10-27)40(17-25)34(42)12-24-11-31(37)32(14-30(24)36)38-35(43)29-20-46-33-6-4-3-5-28(29)33/h3-6,11,14,18,20-23,25-27H,7-10,12-13,15-17,19H2,1-2H3,(H,38,43)/t21-,22+,23-,25-,26-,27-/m0/s1. The van der Waals surface area contributed by atoms with Crippen molar-refractivity contribution in [3.8, 4) is 0 Å². The molecular formula is C35H41Cl2N3O5S. The van der Waals surface area contributed by atoms with Crippen LogP contribution in [0.25, 0.3) is 10.1 Å². The molecule has 2 aromatic carbocycles. The van der Waals surface area contributed by atoms with Gasteiger partial charge in [0.2, 0.25) is 5.91 Å². The Hall–Kier alpha value is -2.53. The van der Waals surface area contributed by atoms with Gasteiger partial charge in [-0.15, -0.1) is 11.3 Å². The molecule has 2 saturated heterocycles. The largest absolute Gasteiger partial charge is 0.376 e. The molecule has 2 aliphatic heterocycles. The molecule has 46 heavy (non-hydrogen) atoms. The topological polar surface area (TPSA) is 88.2 Å². The molecule has 3 aliphatic rings. The number of amides is 2. The van der Waals surface area contributed by atoms with Gasteiger partial charge >= 0.3 is 0 Å². The fourth-order valence-corrected chi connectivity index (χ4v) is 8.61. The Bertz CT molecular complexity index is 1560. The molecule has 0 unspecified atom stereocenters. The summed E-state index contributed by atoms with van der Waals surface area (Å²) in [5, 5.41) is 6.30.